The third-order valence-electron chi connectivity index (χ3n) is 5.56. The Morgan fingerprint density at radius 3 is 2.53 bits per heavy atom. The summed E-state index contributed by atoms with van der Waals surface area (Å²) in [5.74, 6) is -1.09. The van der Waals surface area contributed by atoms with Crippen molar-refractivity contribution in [3.63, 3.8) is 0 Å². The molecular weight excluding hydrogens is 450 g/mol. The normalized spacial score (nSPS) is 18.3. The zero-order valence-electron chi connectivity index (χ0n) is 18.4. The van der Waals surface area contributed by atoms with Crippen molar-refractivity contribution in [1.82, 2.24) is 14.9 Å². The van der Waals surface area contributed by atoms with Crippen LogP contribution in [0.25, 0.3) is 0 Å². The summed E-state index contributed by atoms with van der Waals surface area (Å²) < 4.78 is 5.19. The van der Waals surface area contributed by atoms with Crippen molar-refractivity contribution < 1.29 is 19.1 Å². The van der Waals surface area contributed by atoms with E-state index in [1.165, 1.54) is 4.90 Å². The molecule has 1 aliphatic rings. The molecular formula is C23H26ClN3O4S. The number of ketones is 1. The highest BCUT2D eigenvalue weighted by molar-refractivity contribution is 7.99. The lowest BCUT2D eigenvalue weighted by molar-refractivity contribution is -0.156. The molecule has 7 nitrogen and oxygen atoms in total. The molecule has 0 spiro atoms. The molecule has 1 fully saturated rings. The van der Waals surface area contributed by atoms with Crippen LogP contribution in [-0.2, 0) is 24.7 Å². The minimum absolute atomic E-state index is 0.0194. The van der Waals surface area contributed by atoms with Crippen LogP contribution in [0.2, 0.25) is 5.02 Å². The number of hydrogen-bond acceptors (Lipinski definition) is 7. The average Bonchev–Trinajstić information content (AvgIpc) is 2.76. The molecule has 0 aliphatic heterocycles. The van der Waals surface area contributed by atoms with E-state index in [1.54, 1.807) is 31.3 Å². The fraction of sp³-hybridized carbons (Fsp3) is 0.435. The first-order chi connectivity index (χ1) is 15.2. The predicted molar refractivity (Wildman–Crippen MR) is 123 cm³/mol. The number of Topliss-reactive ketones (excluding diaryl/α,β-unsaturated/α-hetero) is 1. The number of halogens is 1. The number of carbonyl (C=O) groups is 3. The molecule has 2 aromatic rings. The molecule has 0 N–H and O–H groups in total. The summed E-state index contributed by atoms with van der Waals surface area (Å²) in [5.41, 5.74) is 1.08. The second-order valence-corrected chi connectivity index (χ2v) is 9.16. The van der Waals surface area contributed by atoms with Gasteiger partial charge in [0.25, 0.3) is 5.91 Å². The summed E-state index contributed by atoms with van der Waals surface area (Å²) in [5, 5.41) is 0.914. The maximum Gasteiger partial charge on any atom is 0.316 e. The summed E-state index contributed by atoms with van der Waals surface area (Å²) >= 11 is 7.57. The van der Waals surface area contributed by atoms with E-state index in [-0.39, 0.29) is 11.5 Å². The third kappa shape index (κ3) is 5.30. The smallest absolute Gasteiger partial charge is 0.316 e. The van der Waals surface area contributed by atoms with Crippen molar-refractivity contribution in [3.05, 3.63) is 52.3 Å². The number of likely N-dealkylation sites (N-methyl/N-ethyl adjacent to an activating group) is 1. The zero-order chi connectivity index (χ0) is 23.3. The Kier molecular flexibility index (Phi) is 7.90. The number of nitrogens with zero attached hydrogens (tertiary/aromatic N) is 3. The second kappa shape index (κ2) is 10.4. The molecule has 1 aliphatic carbocycles. The van der Waals surface area contributed by atoms with E-state index in [0.29, 0.717) is 28.6 Å². The first-order valence-electron chi connectivity index (χ1n) is 10.4. The minimum Gasteiger partial charge on any atom is -0.455 e. The molecule has 1 aromatic heterocycles. The Balaban J connectivity index is 1.67. The number of thioether (sulfide) groups is 1. The highest BCUT2D eigenvalue weighted by atomic mass is 35.5. The lowest BCUT2D eigenvalue weighted by atomic mass is 9.74. The van der Waals surface area contributed by atoms with Crippen LogP contribution >= 0.6 is 23.4 Å². The van der Waals surface area contributed by atoms with Crippen LogP contribution < -0.4 is 0 Å². The Hall–Kier alpha value is -2.45. The first-order valence-corrected chi connectivity index (χ1v) is 11.8. The third-order valence-corrected chi connectivity index (χ3v) is 6.71. The summed E-state index contributed by atoms with van der Waals surface area (Å²) in [4.78, 5) is 48.2. The maximum absolute atomic E-state index is 13.1. The molecule has 1 amide bonds. The van der Waals surface area contributed by atoms with Gasteiger partial charge in [-0.15, -0.1) is 0 Å². The Morgan fingerprint density at radius 2 is 1.88 bits per heavy atom. The lowest BCUT2D eigenvalue weighted by Gasteiger charge is -2.43. The topological polar surface area (TPSA) is 89.5 Å². The van der Waals surface area contributed by atoms with Gasteiger partial charge in [0.1, 0.15) is 5.54 Å². The van der Waals surface area contributed by atoms with Crippen molar-refractivity contribution in [3.8, 4) is 0 Å². The number of esters is 1. The minimum atomic E-state index is -1.15. The van der Waals surface area contributed by atoms with Crippen molar-refractivity contribution in [2.45, 2.75) is 50.2 Å². The quantitative estimate of drug-likeness (QED) is 0.341. The number of rotatable bonds is 7. The summed E-state index contributed by atoms with van der Waals surface area (Å²) in [6.45, 7) is 3.25. The molecule has 0 unspecified atom stereocenters. The fourth-order valence-corrected chi connectivity index (χ4v) is 5.04. The van der Waals surface area contributed by atoms with E-state index in [1.807, 2.05) is 19.9 Å². The van der Waals surface area contributed by atoms with Gasteiger partial charge in [0.2, 0.25) is 0 Å². The Morgan fingerprint density at radius 1 is 1.19 bits per heavy atom. The predicted octanol–water partition coefficient (Wildman–Crippen LogP) is 3.88. The van der Waals surface area contributed by atoms with E-state index in [0.717, 1.165) is 36.0 Å². The van der Waals surface area contributed by atoms with Crippen LogP contribution in [0.3, 0.4) is 0 Å². The van der Waals surface area contributed by atoms with Gasteiger partial charge in [-0.2, -0.15) is 0 Å². The molecule has 0 radical (unpaired) electrons. The van der Waals surface area contributed by atoms with Gasteiger partial charge in [-0.25, -0.2) is 9.97 Å². The SMILES string of the molecule is Cc1cc(C)nc(SCC(=O)OCC(=O)N(C)[C@@]2(c3ccccc3Cl)CCCCC2=O)n1. The van der Waals surface area contributed by atoms with E-state index in [2.05, 4.69) is 9.97 Å². The second-order valence-electron chi connectivity index (χ2n) is 7.81. The Bertz CT molecular complexity index is 1010. The van der Waals surface area contributed by atoms with Gasteiger partial charge >= 0.3 is 5.97 Å². The van der Waals surface area contributed by atoms with Gasteiger partial charge in [0, 0.05) is 35.4 Å². The van der Waals surface area contributed by atoms with Gasteiger partial charge in [-0.1, -0.05) is 41.6 Å². The molecule has 170 valence electrons. The van der Waals surface area contributed by atoms with E-state index >= 15 is 0 Å². The van der Waals surface area contributed by atoms with Gasteiger partial charge in [0.05, 0.1) is 5.75 Å². The van der Waals surface area contributed by atoms with Gasteiger partial charge < -0.3 is 9.64 Å². The highest BCUT2D eigenvalue weighted by Crippen LogP contribution is 2.42. The summed E-state index contributed by atoms with van der Waals surface area (Å²) in [7, 11) is 1.57. The lowest BCUT2D eigenvalue weighted by Crippen LogP contribution is -2.55. The van der Waals surface area contributed by atoms with Crippen molar-refractivity contribution in [1.29, 1.82) is 0 Å². The highest BCUT2D eigenvalue weighted by Gasteiger charge is 2.47. The molecule has 0 saturated heterocycles. The van der Waals surface area contributed by atoms with Crippen molar-refractivity contribution >= 4 is 41.0 Å². The Labute approximate surface area is 196 Å². The number of hydrogen-bond donors (Lipinski definition) is 0. The van der Waals surface area contributed by atoms with Gasteiger partial charge in [-0.3, -0.25) is 14.4 Å². The summed E-state index contributed by atoms with van der Waals surface area (Å²) in [6, 6.07) is 8.92. The van der Waals surface area contributed by atoms with Gasteiger partial charge in [-0.05, 0) is 45.2 Å². The van der Waals surface area contributed by atoms with Crippen LogP contribution in [0, 0.1) is 13.8 Å². The van der Waals surface area contributed by atoms with Crippen molar-refractivity contribution in [2.24, 2.45) is 0 Å². The average molecular weight is 476 g/mol. The van der Waals surface area contributed by atoms with E-state index in [4.69, 9.17) is 16.3 Å². The molecule has 1 heterocycles. The zero-order valence-corrected chi connectivity index (χ0v) is 20.0. The number of aromatic nitrogens is 2. The summed E-state index contributed by atoms with van der Waals surface area (Å²) in [6.07, 6.45) is 2.42. The molecule has 1 aromatic carbocycles. The number of carbonyl (C=O) groups excluding carboxylic acids is 3. The molecule has 3 rings (SSSR count). The first kappa shape index (κ1) is 24.2. The number of benzene rings is 1. The fourth-order valence-electron chi connectivity index (χ4n) is 4.00. The van der Waals surface area contributed by atoms with E-state index < -0.39 is 24.0 Å². The number of amides is 1. The van der Waals surface area contributed by atoms with Crippen LogP contribution in [-0.4, -0.2) is 51.9 Å². The number of aryl methyl sites for hydroxylation is 2. The van der Waals surface area contributed by atoms with Gasteiger partial charge in [0.15, 0.2) is 17.5 Å². The molecule has 0 bridgehead atoms. The molecule has 1 saturated carbocycles. The number of ether oxygens (including phenoxy) is 1. The van der Waals surface area contributed by atoms with Crippen LogP contribution in [0.4, 0.5) is 0 Å². The van der Waals surface area contributed by atoms with Crippen molar-refractivity contribution in [2.75, 3.05) is 19.4 Å². The van der Waals surface area contributed by atoms with Crippen LogP contribution in [0.15, 0.2) is 35.5 Å². The standard InChI is InChI=1S/C23H26ClN3O4S/c1-15-12-16(2)26-22(25-15)32-14-21(30)31-13-20(29)27(3)23(11-7-6-10-19(23)28)17-8-4-5-9-18(17)24/h4-5,8-9,12H,6-7,10-11,13-14H2,1-3H3/t23-/m1/s1. The van der Waals surface area contributed by atoms with E-state index in [9.17, 15) is 14.4 Å². The molecule has 9 heteroatoms. The monoisotopic (exact) mass is 475 g/mol. The maximum atomic E-state index is 13.1. The van der Waals surface area contributed by atoms with Crippen LogP contribution in [0.5, 0.6) is 0 Å². The molecule has 32 heavy (non-hydrogen) atoms. The largest absolute Gasteiger partial charge is 0.455 e. The van der Waals surface area contributed by atoms with Crippen LogP contribution in [0.1, 0.15) is 42.6 Å². The molecule has 1 atom stereocenters.